The molecule has 4 atom stereocenters. The fraction of sp³-hybridized carbons (Fsp3) is 0.552. The number of carbonyl (C=O) groups excluding carboxylic acids is 3. The fourth-order valence-electron chi connectivity index (χ4n) is 4.60. The van der Waals surface area contributed by atoms with Gasteiger partial charge in [0, 0.05) is 13.0 Å². The molecule has 0 radical (unpaired) electrons. The molecule has 36 heavy (non-hydrogen) atoms. The molecule has 1 aliphatic rings. The number of allylic oxidation sites excluding steroid dienone is 2. The molecular weight excluding hydrogens is 456 g/mol. The second-order valence-corrected chi connectivity index (χ2v) is 9.64. The Morgan fingerprint density at radius 2 is 1.94 bits per heavy atom. The minimum atomic E-state index is -0.558. The summed E-state index contributed by atoms with van der Waals surface area (Å²) in [5.41, 5.74) is 1.08. The van der Waals surface area contributed by atoms with Gasteiger partial charge in [0.2, 0.25) is 11.8 Å². The molecule has 0 aliphatic carbocycles. The molecule has 198 valence electrons. The Labute approximate surface area is 215 Å². The molecule has 4 unspecified atom stereocenters. The summed E-state index contributed by atoms with van der Waals surface area (Å²) in [5, 5.41) is 12.4. The molecule has 2 amide bonds. The van der Waals surface area contributed by atoms with Crippen LogP contribution in [-0.4, -0.2) is 59.6 Å². The predicted octanol–water partition coefficient (Wildman–Crippen LogP) is 3.82. The number of carbonyl (C=O) groups is 3. The summed E-state index contributed by atoms with van der Waals surface area (Å²) in [4.78, 5) is 40.2. The number of aliphatic hydroxyl groups is 1. The van der Waals surface area contributed by atoms with Crippen molar-refractivity contribution in [3.8, 4) is 0 Å². The highest BCUT2D eigenvalue weighted by molar-refractivity contribution is 5.86. The summed E-state index contributed by atoms with van der Waals surface area (Å²) in [7, 11) is 0. The van der Waals surface area contributed by atoms with Gasteiger partial charge >= 0.3 is 5.97 Å². The number of likely N-dealkylation sites (tertiary alicyclic amines) is 1. The Hall–Kier alpha value is -2.93. The van der Waals surface area contributed by atoms with Gasteiger partial charge in [-0.25, -0.2) is 0 Å². The summed E-state index contributed by atoms with van der Waals surface area (Å²) in [5.74, 6) is -1.49. The van der Waals surface area contributed by atoms with Crippen LogP contribution in [0.2, 0.25) is 0 Å². The average molecular weight is 499 g/mol. The number of esters is 1. The van der Waals surface area contributed by atoms with Crippen molar-refractivity contribution in [2.75, 3.05) is 19.8 Å². The van der Waals surface area contributed by atoms with Crippen LogP contribution in [0.15, 0.2) is 55.6 Å². The van der Waals surface area contributed by atoms with Crippen molar-refractivity contribution in [1.82, 2.24) is 10.2 Å². The second-order valence-electron chi connectivity index (χ2n) is 9.64. The summed E-state index contributed by atoms with van der Waals surface area (Å²) in [6.07, 6.45) is 8.54. The van der Waals surface area contributed by atoms with Gasteiger partial charge in [0.15, 0.2) is 0 Å². The van der Waals surface area contributed by atoms with Crippen LogP contribution >= 0.6 is 0 Å². The first-order chi connectivity index (χ1) is 17.4. The number of nitrogens with one attached hydrogen (secondary N) is 1. The van der Waals surface area contributed by atoms with Crippen molar-refractivity contribution >= 4 is 17.8 Å². The van der Waals surface area contributed by atoms with Crippen molar-refractivity contribution in [2.45, 2.75) is 70.4 Å². The molecule has 0 aromatic heterocycles. The molecule has 1 saturated heterocycles. The van der Waals surface area contributed by atoms with Crippen LogP contribution in [0.4, 0.5) is 0 Å². The van der Waals surface area contributed by atoms with E-state index in [1.165, 1.54) is 0 Å². The molecule has 7 heteroatoms. The minimum absolute atomic E-state index is 0.0588. The van der Waals surface area contributed by atoms with E-state index in [1.807, 2.05) is 36.4 Å². The summed E-state index contributed by atoms with van der Waals surface area (Å²) < 4.78 is 5.60. The third-order valence-electron chi connectivity index (χ3n) is 6.63. The van der Waals surface area contributed by atoms with Gasteiger partial charge in [0.25, 0.3) is 0 Å². The fourth-order valence-corrected chi connectivity index (χ4v) is 4.60. The Morgan fingerprint density at radius 3 is 2.61 bits per heavy atom. The number of nitrogens with zero attached hydrogens (tertiary/aromatic N) is 1. The van der Waals surface area contributed by atoms with Gasteiger partial charge in [0.05, 0.1) is 30.5 Å². The van der Waals surface area contributed by atoms with Crippen LogP contribution in [0.1, 0.15) is 57.4 Å². The third-order valence-corrected chi connectivity index (χ3v) is 6.63. The first-order valence-corrected chi connectivity index (χ1v) is 13.0. The molecule has 7 nitrogen and oxygen atoms in total. The zero-order chi connectivity index (χ0) is 26.3. The van der Waals surface area contributed by atoms with E-state index < -0.39 is 12.0 Å². The zero-order valence-electron chi connectivity index (χ0n) is 21.6. The van der Waals surface area contributed by atoms with E-state index in [9.17, 15) is 19.5 Å². The number of unbranched alkanes of at least 4 members (excludes halogenated alkanes) is 1. The molecule has 0 bridgehead atoms. The molecule has 2 N–H and O–H groups in total. The quantitative estimate of drug-likeness (QED) is 0.205. The van der Waals surface area contributed by atoms with Crippen LogP contribution in [0.25, 0.3) is 0 Å². The Bertz CT molecular complexity index is 856. The topological polar surface area (TPSA) is 95.9 Å². The Kier molecular flexibility index (Phi) is 13.0. The number of hydrogen-bond donors (Lipinski definition) is 2. The lowest BCUT2D eigenvalue weighted by molar-refractivity contribution is -0.150. The predicted molar refractivity (Wildman–Crippen MR) is 141 cm³/mol. The monoisotopic (exact) mass is 498 g/mol. The molecule has 0 saturated carbocycles. The van der Waals surface area contributed by atoms with E-state index in [0.717, 1.165) is 31.2 Å². The van der Waals surface area contributed by atoms with E-state index in [2.05, 4.69) is 18.5 Å². The zero-order valence-corrected chi connectivity index (χ0v) is 21.6. The summed E-state index contributed by atoms with van der Waals surface area (Å²) in [6.45, 7) is 9.86. The molecular formula is C29H42N2O5. The lowest BCUT2D eigenvalue weighted by Crippen LogP contribution is -2.43. The summed E-state index contributed by atoms with van der Waals surface area (Å²) in [6, 6.07) is 9.30. The van der Waals surface area contributed by atoms with Gasteiger partial charge in [-0.3, -0.25) is 14.4 Å². The number of amides is 2. The molecule has 1 aliphatic heterocycles. The maximum atomic E-state index is 12.9. The maximum Gasteiger partial charge on any atom is 0.309 e. The van der Waals surface area contributed by atoms with Crippen LogP contribution in [0.5, 0.6) is 0 Å². The van der Waals surface area contributed by atoms with Crippen molar-refractivity contribution in [3.05, 3.63) is 61.2 Å². The largest absolute Gasteiger partial charge is 0.463 e. The lowest BCUT2D eigenvalue weighted by atomic mass is 9.94. The number of ether oxygens (including phenoxy) is 1. The molecule has 0 spiro atoms. The SMILES string of the molecule is C=CCCCC(Cc1ccccc1)C(=O)OCC(C)NC(=O)C(CC=C)CC(=O)N1CCCC1CO. The van der Waals surface area contributed by atoms with Crippen molar-refractivity contribution in [3.63, 3.8) is 0 Å². The van der Waals surface area contributed by atoms with Gasteiger partial charge < -0.3 is 20.1 Å². The first kappa shape index (κ1) is 29.3. The van der Waals surface area contributed by atoms with Gasteiger partial charge in [-0.05, 0) is 57.4 Å². The van der Waals surface area contributed by atoms with Crippen molar-refractivity contribution in [1.29, 1.82) is 0 Å². The second kappa shape index (κ2) is 15.9. The van der Waals surface area contributed by atoms with E-state index >= 15 is 0 Å². The molecule has 1 heterocycles. The first-order valence-electron chi connectivity index (χ1n) is 13.0. The third kappa shape index (κ3) is 9.61. The number of aliphatic hydroxyl groups excluding tert-OH is 1. The average Bonchev–Trinajstić information content (AvgIpc) is 3.36. The van der Waals surface area contributed by atoms with E-state index in [1.54, 1.807) is 17.9 Å². The highest BCUT2D eigenvalue weighted by Crippen LogP contribution is 2.21. The van der Waals surface area contributed by atoms with Gasteiger partial charge in [-0.15, -0.1) is 13.2 Å². The Morgan fingerprint density at radius 1 is 1.19 bits per heavy atom. The van der Waals surface area contributed by atoms with Crippen LogP contribution in [0, 0.1) is 11.8 Å². The molecule has 2 rings (SSSR count). The van der Waals surface area contributed by atoms with Crippen LogP contribution in [0.3, 0.4) is 0 Å². The highest BCUT2D eigenvalue weighted by Gasteiger charge is 2.31. The minimum Gasteiger partial charge on any atom is -0.463 e. The lowest BCUT2D eigenvalue weighted by Gasteiger charge is -2.26. The smallest absolute Gasteiger partial charge is 0.309 e. The summed E-state index contributed by atoms with van der Waals surface area (Å²) >= 11 is 0. The van der Waals surface area contributed by atoms with Gasteiger partial charge in [-0.1, -0.05) is 42.5 Å². The van der Waals surface area contributed by atoms with Gasteiger partial charge in [0.1, 0.15) is 6.61 Å². The Balaban J connectivity index is 1.88. The number of rotatable bonds is 16. The molecule has 1 aromatic rings. The van der Waals surface area contributed by atoms with Crippen molar-refractivity contribution < 1.29 is 24.2 Å². The van der Waals surface area contributed by atoms with E-state index in [0.29, 0.717) is 25.8 Å². The number of hydrogen-bond acceptors (Lipinski definition) is 5. The standard InChI is InChI=1S/C29H42N2O5/c1-4-6-8-15-25(18-23-13-9-7-10-14-23)29(35)36-21-22(3)30-28(34)24(12-5-2)19-27(33)31-17-11-16-26(31)20-32/h4-5,7,9-10,13-14,22,24-26,32H,1-2,6,8,11-12,15-21H2,3H3,(H,30,34). The molecule has 1 aromatic carbocycles. The van der Waals surface area contributed by atoms with Crippen LogP contribution in [-0.2, 0) is 25.5 Å². The highest BCUT2D eigenvalue weighted by atomic mass is 16.5. The van der Waals surface area contributed by atoms with E-state index in [-0.39, 0.29) is 49.4 Å². The van der Waals surface area contributed by atoms with E-state index in [4.69, 9.17) is 4.74 Å². The molecule has 1 fully saturated rings. The number of benzene rings is 1. The maximum absolute atomic E-state index is 12.9. The van der Waals surface area contributed by atoms with Crippen LogP contribution < -0.4 is 5.32 Å². The van der Waals surface area contributed by atoms with Gasteiger partial charge in [-0.2, -0.15) is 0 Å². The normalized spacial score (nSPS) is 17.6. The van der Waals surface area contributed by atoms with Crippen molar-refractivity contribution in [2.24, 2.45) is 11.8 Å².